The molecule has 0 aliphatic carbocycles. The van der Waals surface area contributed by atoms with Gasteiger partial charge < -0.3 is 10.3 Å². The van der Waals surface area contributed by atoms with Crippen molar-refractivity contribution in [2.24, 2.45) is 5.73 Å². The van der Waals surface area contributed by atoms with Gasteiger partial charge >= 0.3 is 0 Å². The van der Waals surface area contributed by atoms with Gasteiger partial charge in [-0.15, -0.1) is 0 Å². The van der Waals surface area contributed by atoms with Crippen molar-refractivity contribution in [3.8, 4) is 5.69 Å². The Kier molecular flexibility index (Phi) is 2.72. The van der Waals surface area contributed by atoms with Crippen LogP contribution < -0.4 is 5.73 Å². The molecule has 0 atom stereocenters. The molecule has 4 nitrogen and oxygen atoms in total. The molecular weight excluding hydrogens is 202 g/mol. The molecule has 0 fully saturated rings. The van der Waals surface area contributed by atoms with Crippen LogP contribution in [0.25, 0.3) is 5.69 Å². The lowest BCUT2D eigenvalue weighted by Gasteiger charge is -2.09. The summed E-state index contributed by atoms with van der Waals surface area (Å²) in [4.78, 5) is 15.5. The van der Waals surface area contributed by atoms with Gasteiger partial charge in [-0.2, -0.15) is 0 Å². The molecule has 1 aromatic carbocycles. The van der Waals surface area contributed by atoms with Crippen LogP contribution in [0.1, 0.15) is 23.1 Å². The Hall–Kier alpha value is -2.10. The SMILES string of the molecule is CCc1nccn1-c1ccccc1C(N)=O. The van der Waals surface area contributed by atoms with Crippen LogP contribution in [-0.2, 0) is 6.42 Å². The Morgan fingerprint density at radius 2 is 2.19 bits per heavy atom. The zero-order valence-electron chi connectivity index (χ0n) is 9.05. The maximum Gasteiger partial charge on any atom is 0.250 e. The number of primary amides is 1. The van der Waals surface area contributed by atoms with Crippen molar-refractivity contribution in [2.75, 3.05) is 0 Å². The fourth-order valence-corrected chi connectivity index (χ4v) is 1.71. The Labute approximate surface area is 93.7 Å². The van der Waals surface area contributed by atoms with Crippen molar-refractivity contribution in [2.45, 2.75) is 13.3 Å². The van der Waals surface area contributed by atoms with Crippen molar-refractivity contribution in [1.29, 1.82) is 0 Å². The number of carbonyl (C=O) groups is 1. The molecule has 0 unspecified atom stereocenters. The predicted octanol–water partition coefficient (Wildman–Crippen LogP) is 1.53. The number of benzene rings is 1. The minimum absolute atomic E-state index is 0.425. The second-order valence-corrected chi connectivity index (χ2v) is 3.45. The van der Waals surface area contributed by atoms with E-state index in [1.54, 1.807) is 18.3 Å². The highest BCUT2D eigenvalue weighted by Crippen LogP contribution is 2.16. The van der Waals surface area contributed by atoms with Gasteiger partial charge in [0.15, 0.2) is 0 Å². The van der Waals surface area contributed by atoms with Gasteiger partial charge in [-0.05, 0) is 12.1 Å². The van der Waals surface area contributed by atoms with Crippen LogP contribution in [0.5, 0.6) is 0 Å². The van der Waals surface area contributed by atoms with Crippen LogP contribution in [0.3, 0.4) is 0 Å². The fourth-order valence-electron chi connectivity index (χ4n) is 1.71. The number of para-hydroxylation sites is 1. The topological polar surface area (TPSA) is 60.9 Å². The highest BCUT2D eigenvalue weighted by atomic mass is 16.1. The maximum absolute atomic E-state index is 11.3. The first-order valence-electron chi connectivity index (χ1n) is 5.15. The second-order valence-electron chi connectivity index (χ2n) is 3.45. The fraction of sp³-hybridized carbons (Fsp3) is 0.167. The van der Waals surface area contributed by atoms with Crippen LogP contribution in [-0.4, -0.2) is 15.5 Å². The average Bonchev–Trinajstić information content (AvgIpc) is 2.76. The van der Waals surface area contributed by atoms with E-state index in [0.717, 1.165) is 17.9 Å². The van der Waals surface area contributed by atoms with Crippen molar-refractivity contribution in [1.82, 2.24) is 9.55 Å². The number of nitrogens with two attached hydrogens (primary N) is 1. The summed E-state index contributed by atoms with van der Waals surface area (Å²) in [5.74, 6) is 0.486. The van der Waals surface area contributed by atoms with Crippen LogP contribution in [0, 0.1) is 0 Å². The number of aryl methyl sites for hydroxylation is 1. The minimum Gasteiger partial charge on any atom is -0.366 e. The Balaban J connectivity index is 2.60. The first-order chi connectivity index (χ1) is 7.74. The summed E-state index contributed by atoms with van der Waals surface area (Å²) >= 11 is 0. The lowest BCUT2D eigenvalue weighted by atomic mass is 10.1. The van der Waals surface area contributed by atoms with Crippen molar-refractivity contribution in [3.63, 3.8) is 0 Å². The molecule has 1 aromatic heterocycles. The summed E-state index contributed by atoms with van der Waals surface area (Å²) in [7, 11) is 0. The number of hydrogen-bond donors (Lipinski definition) is 1. The molecule has 0 saturated carbocycles. The monoisotopic (exact) mass is 215 g/mol. The third kappa shape index (κ3) is 1.69. The van der Waals surface area contributed by atoms with Gasteiger partial charge in [0.05, 0.1) is 11.3 Å². The summed E-state index contributed by atoms with van der Waals surface area (Å²) in [6.45, 7) is 2.02. The Morgan fingerprint density at radius 1 is 1.44 bits per heavy atom. The first kappa shape index (κ1) is 10.4. The zero-order valence-corrected chi connectivity index (χ0v) is 9.05. The average molecular weight is 215 g/mol. The normalized spacial score (nSPS) is 10.3. The van der Waals surface area contributed by atoms with Gasteiger partial charge in [0.25, 0.3) is 5.91 Å². The zero-order chi connectivity index (χ0) is 11.5. The standard InChI is InChI=1S/C12H13N3O/c1-2-11-14-7-8-15(11)10-6-4-3-5-9(10)12(13)16/h3-8H,2H2,1H3,(H2,13,16). The number of nitrogens with zero attached hydrogens (tertiary/aromatic N) is 2. The number of hydrogen-bond acceptors (Lipinski definition) is 2. The predicted molar refractivity (Wildman–Crippen MR) is 61.5 cm³/mol. The van der Waals surface area contributed by atoms with Crippen LogP contribution in [0.15, 0.2) is 36.7 Å². The summed E-state index contributed by atoms with van der Waals surface area (Å²) in [6.07, 6.45) is 4.36. The molecular formula is C12H13N3O. The van der Waals surface area contributed by atoms with Gasteiger partial charge in [-0.1, -0.05) is 19.1 Å². The Bertz CT molecular complexity index is 516. The van der Waals surface area contributed by atoms with Crippen molar-refractivity contribution >= 4 is 5.91 Å². The first-order valence-corrected chi connectivity index (χ1v) is 5.15. The molecule has 0 bridgehead atoms. The number of carbonyl (C=O) groups excluding carboxylic acids is 1. The van der Waals surface area contributed by atoms with E-state index < -0.39 is 5.91 Å². The molecule has 0 aliphatic rings. The molecule has 16 heavy (non-hydrogen) atoms. The van der Waals surface area contributed by atoms with E-state index in [4.69, 9.17) is 5.73 Å². The number of aromatic nitrogens is 2. The van der Waals surface area contributed by atoms with E-state index in [1.165, 1.54) is 0 Å². The lowest BCUT2D eigenvalue weighted by molar-refractivity contribution is 0.100. The molecule has 1 amide bonds. The summed E-state index contributed by atoms with van der Waals surface area (Å²) in [5, 5.41) is 0. The largest absolute Gasteiger partial charge is 0.366 e. The molecule has 2 aromatic rings. The Morgan fingerprint density at radius 3 is 2.88 bits per heavy atom. The van der Waals surface area contributed by atoms with Gasteiger partial charge in [0.2, 0.25) is 0 Å². The molecule has 0 spiro atoms. The molecule has 2 rings (SSSR count). The minimum atomic E-state index is -0.425. The van der Waals surface area contributed by atoms with E-state index in [2.05, 4.69) is 4.98 Å². The van der Waals surface area contributed by atoms with E-state index in [1.807, 2.05) is 29.8 Å². The summed E-state index contributed by atoms with van der Waals surface area (Å²) in [6, 6.07) is 7.26. The molecule has 0 radical (unpaired) electrons. The van der Waals surface area contributed by atoms with E-state index in [0.29, 0.717) is 5.56 Å². The molecule has 4 heteroatoms. The summed E-state index contributed by atoms with van der Waals surface area (Å²) < 4.78 is 1.89. The van der Waals surface area contributed by atoms with Gasteiger partial charge in [-0.25, -0.2) is 4.98 Å². The highest BCUT2D eigenvalue weighted by Gasteiger charge is 2.10. The summed E-state index contributed by atoms with van der Waals surface area (Å²) in [5.41, 5.74) is 6.63. The lowest BCUT2D eigenvalue weighted by Crippen LogP contribution is -2.15. The number of imidazole rings is 1. The van der Waals surface area contributed by atoms with Gasteiger partial charge in [0, 0.05) is 18.8 Å². The quantitative estimate of drug-likeness (QED) is 0.844. The van der Waals surface area contributed by atoms with E-state index >= 15 is 0 Å². The van der Waals surface area contributed by atoms with Gasteiger partial charge in [0.1, 0.15) is 5.82 Å². The van der Waals surface area contributed by atoms with E-state index in [-0.39, 0.29) is 0 Å². The molecule has 82 valence electrons. The van der Waals surface area contributed by atoms with E-state index in [9.17, 15) is 4.79 Å². The second kappa shape index (κ2) is 4.18. The van der Waals surface area contributed by atoms with Crippen LogP contribution in [0.4, 0.5) is 0 Å². The van der Waals surface area contributed by atoms with Crippen molar-refractivity contribution < 1.29 is 4.79 Å². The smallest absolute Gasteiger partial charge is 0.250 e. The third-order valence-electron chi connectivity index (χ3n) is 2.46. The number of rotatable bonds is 3. The number of amides is 1. The van der Waals surface area contributed by atoms with Crippen LogP contribution >= 0.6 is 0 Å². The van der Waals surface area contributed by atoms with Crippen LogP contribution in [0.2, 0.25) is 0 Å². The molecule has 0 aliphatic heterocycles. The highest BCUT2D eigenvalue weighted by molar-refractivity contribution is 5.96. The third-order valence-corrected chi connectivity index (χ3v) is 2.46. The van der Waals surface area contributed by atoms with Crippen molar-refractivity contribution in [3.05, 3.63) is 48.0 Å². The molecule has 1 heterocycles. The molecule has 2 N–H and O–H groups in total. The maximum atomic E-state index is 11.3. The molecule has 0 saturated heterocycles. The van der Waals surface area contributed by atoms with Gasteiger partial charge in [-0.3, -0.25) is 4.79 Å².